The average molecular weight is 401 g/mol. The fourth-order valence-electron chi connectivity index (χ4n) is 3.39. The number of hydrogen-bond acceptors (Lipinski definition) is 5. The first-order valence-corrected chi connectivity index (χ1v) is 8.59. The summed E-state index contributed by atoms with van der Waals surface area (Å²) >= 11 is 0. The van der Waals surface area contributed by atoms with Crippen molar-refractivity contribution in [3.8, 4) is 5.75 Å². The number of esters is 1. The van der Waals surface area contributed by atoms with E-state index in [9.17, 15) is 22.8 Å². The monoisotopic (exact) mass is 401 g/mol. The van der Waals surface area contributed by atoms with Crippen LogP contribution >= 0.6 is 0 Å². The molecule has 1 saturated heterocycles. The Morgan fingerprint density at radius 3 is 2.39 bits per heavy atom. The van der Waals surface area contributed by atoms with Crippen molar-refractivity contribution >= 4 is 12.1 Å². The van der Waals surface area contributed by atoms with E-state index in [-0.39, 0.29) is 18.6 Å². The van der Waals surface area contributed by atoms with Gasteiger partial charge in [-0.3, -0.25) is 0 Å². The first-order valence-electron chi connectivity index (χ1n) is 8.59. The second-order valence-electron chi connectivity index (χ2n) is 6.31. The highest BCUT2D eigenvalue weighted by Crippen LogP contribution is 2.37. The van der Waals surface area contributed by atoms with Crippen molar-refractivity contribution in [3.05, 3.63) is 42.5 Å². The smallest absolute Gasteiger partial charge is 0.416 e. The number of methoxy groups -OCH3 is 2. The van der Waals surface area contributed by atoms with Crippen molar-refractivity contribution in [2.45, 2.75) is 37.1 Å². The van der Waals surface area contributed by atoms with Crippen LogP contribution in [-0.4, -0.2) is 49.4 Å². The van der Waals surface area contributed by atoms with Gasteiger partial charge in [-0.25, -0.2) is 9.59 Å². The van der Waals surface area contributed by atoms with Crippen molar-refractivity contribution in [1.29, 1.82) is 0 Å². The topological polar surface area (TPSA) is 65.1 Å². The number of rotatable bonds is 5. The van der Waals surface area contributed by atoms with Gasteiger partial charge in [0.15, 0.2) is 0 Å². The van der Waals surface area contributed by atoms with Crippen LogP contribution in [0.3, 0.4) is 0 Å². The molecule has 0 saturated carbocycles. The maximum Gasteiger partial charge on any atom is 0.416 e. The van der Waals surface area contributed by atoms with Crippen molar-refractivity contribution in [2.24, 2.45) is 0 Å². The van der Waals surface area contributed by atoms with Gasteiger partial charge < -0.3 is 19.1 Å². The van der Waals surface area contributed by atoms with Crippen molar-refractivity contribution in [2.75, 3.05) is 20.8 Å². The number of carbonyl (C=O) groups is 2. The average Bonchev–Trinajstić information content (AvgIpc) is 2.67. The molecular weight excluding hydrogens is 379 g/mol. The summed E-state index contributed by atoms with van der Waals surface area (Å²) in [7, 11) is 2.40. The fourth-order valence-corrected chi connectivity index (χ4v) is 3.39. The van der Waals surface area contributed by atoms with E-state index in [4.69, 9.17) is 14.2 Å². The Morgan fingerprint density at radius 2 is 1.89 bits per heavy atom. The minimum absolute atomic E-state index is 0.0548. The second kappa shape index (κ2) is 8.53. The van der Waals surface area contributed by atoms with E-state index in [1.807, 2.05) is 0 Å². The molecule has 9 heteroatoms. The zero-order valence-corrected chi connectivity index (χ0v) is 15.6. The number of halogens is 3. The standard InChI is InChI=1S/C19H22F3NO5/c1-4-6-15-18(16(24)26-2,11-5-12-23(15)17(25)27-3)28-14-9-7-13(8-10-14)19(20,21)22/h4,7-10,15H,1,5-6,11-12H2,2-3H3. The summed E-state index contributed by atoms with van der Waals surface area (Å²) in [5, 5.41) is 0. The van der Waals surface area contributed by atoms with E-state index in [1.165, 1.54) is 25.2 Å². The number of likely N-dealkylation sites (tertiary alicyclic amines) is 1. The molecule has 2 unspecified atom stereocenters. The molecule has 2 rings (SSSR count). The molecule has 1 aromatic rings. The molecule has 2 atom stereocenters. The Labute approximate surface area is 160 Å². The normalized spacial score (nSPS) is 22.3. The van der Waals surface area contributed by atoms with Crippen molar-refractivity contribution in [1.82, 2.24) is 4.90 Å². The Bertz CT molecular complexity index is 719. The first kappa shape index (κ1) is 21.6. The van der Waals surface area contributed by atoms with Crippen LogP contribution in [0.25, 0.3) is 0 Å². The van der Waals surface area contributed by atoms with Gasteiger partial charge in [0, 0.05) is 13.0 Å². The van der Waals surface area contributed by atoms with Gasteiger partial charge in [-0.05, 0) is 37.1 Å². The highest BCUT2D eigenvalue weighted by Gasteiger charge is 2.55. The number of carbonyl (C=O) groups excluding carboxylic acids is 2. The summed E-state index contributed by atoms with van der Waals surface area (Å²) < 4.78 is 54.0. The number of amides is 1. The summed E-state index contributed by atoms with van der Waals surface area (Å²) in [6.07, 6.45) is -2.78. The molecule has 6 nitrogen and oxygen atoms in total. The molecule has 0 spiro atoms. The zero-order chi connectivity index (χ0) is 20.9. The third-order valence-corrected chi connectivity index (χ3v) is 4.67. The lowest BCUT2D eigenvalue weighted by Crippen LogP contribution is -2.65. The van der Waals surface area contributed by atoms with Gasteiger partial charge >= 0.3 is 18.2 Å². The summed E-state index contributed by atoms with van der Waals surface area (Å²) in [5.41, 5.74) is -2.44. The molecule has 1 fully saturated rings. The molecule has 0 aromatic heterocycles. The molecule has 1 aromatic carbocycles. The van der Waals surface area contributed by atoms with Crippen LogP contribution in [0.5, 0.6) is 5.75 Å². The van der Waals surface area contributed by atoms with Crippen molar-refractivity contribution in [3.63, 3.8) is 0 Å². The van der Waals surface area contributed by atoms with E-state index in [0.29, 0.717) is 13.0 Å². The summed E-state index contributed by atoms with van der Waals surface area (Å²) in [6.45, 7) is 3.99. The number of hydrogen-bond donors (Lipinski definition) is 0. The van der Waals surface area contributed by atoms with E-state index in [1.54, 1.807) is 0 Å². The molecule has 154 valence electrons. The molecule has 1 aliphatic rings. The second-order valence-corrected chi connectivity index (χ2v) is 6.31. The molecule has 0 radical (unpaired) electrons. The molecule has 0 N–H and O–H groups in total. The lowest BCUT2D eigenvalue weighted by atomic mass is 9.82. The van der Waals surface area contributed by atoms with E-state index < -0.39 is 35.4 Å². The molecular formula is C19H22F3NO5. The van der Waals surface area contributed by atoms with Gasteiger partial charge in [0.25, 0.3) is 0 Å². The van der Waals surface area contributed by atoms with Gasteiger partial charge in [0.1, 0.15) is 5.75 Å². The highest BCUT2D eigenvalue weighted by molar-refractivity contribution is 5.83. The van der Waals surface area contributed by atoms with E-state index >= 15 is 0 Å². The first-order chi connectivity index (χ1) is 13.2. The minimum Gasteiger partial charge on any atom is -0.473 e. The Hall–Kier alpha value is -2.71. The van der Waals surface area contributed by atoms with Crippen LogP contribution < -0.4 is 4.74 Å². The molecule has 1 amide bonds. The predicted molar refractivity (Wildman–Crippen MR) is 93.8 cm³/mol. The third kappa shape index (κ3) is 4.23. The molecule has 28 heavy (non-hydrogen) atoms. The van der Waals surface area contributed by atoms with Crippen LogP contribution in [0, 0.1) is 0 Å². The number of piperidine rings is 1. The zero-order valence-electron chi connectivity index (χ0n) is 15.6. The van der Waals surface area contributed by atoms with Gasteiger partial charge in [0.2, 0.25) is 5.60 Å². The summed E-state index contributed by atoms with van der Waals surface area (Å²) in [5.74, 6) is -0.674. The van der Waals surface area contributed by atoms with Gasteiger partial charge in [-0.15, -0.1) is 6.58 Å². The SMILES string of the molecule is C=CCC1N(C(=O)OC)CCCC1(Oc1ccc(C(F)(F)F)cc1)C(=O)OC. The largest absolute Gasteiger partial charge is 0.473 e. The van der Waals surface area contributed by atoms with Gasteiger partial charge in [-0.2, -0.15) is 13.2 Å². The van der Waals surface area contributed by atoms with E-state index in [0.717, 1.165) is 24.3 Å². The molecule has 1 heterocycles. The third-order valence-electron chi connectivity index (χ3n) is 4.67. The van der Waals surface area contributed by atoms with Gasteiger partial charge in [-0.1, -0.05) is 6.08 Å². The summed E-state index contributed by atoms with van der Waals surface area (Å²) in [4.78, 5) is 26.3. The van der Waals surface area contributed by atoms with Crippen LogP contribution in [0.4, 0.5) is 18.0 Å². The molecule has 0 aliphatic carbocycles. The quantitative estimate of drug-likeness (QED) is 0.555. The minimum atomic E-state index is -4.49. The molecule has 1 aliphatic heterocycles. The predicted octanol–water partition coefficient (Wildman–Crippen LogP) is 3.80. The number of alkyl halides is 3. The van der Waals surface area contributed by atoms with Gasteiger partial charge in [0.05, 0.1) is 25.8 Å². The summed E-state index contributed by atoms with van der Waals surface area (Å²) in [6, 6.07) is 3.21. The number of benzene rings is 1. The maximum absolute atomic E-state index is 12.8. The fraction of sp³-hybridized carbons (Fsp3) is 0.474. The van der Waals surface area contributed by atoms with Crippen molar-refractivity contribution < 1.29 is 37.0 Å². The number of ether oxygens (including phenoxy) is 3. The van der Waals surface area contributed by atoms with Crippen LogP contribution in [0.1, 0.15) is 24.8 Å². The lowest BCUT2D eigenvalue weighted by molar-refractivity contribution is -0.170. The van der Waals surface area contributed by atoms with Crippen LogP contribution in [-0.2, 0) is 20.4 Å². The molecule has 0 bridgehead atoms. The van der Waals surface area contributed by atoms with E-state index in [2.05, 4.69) is 6.58 Å². The highest BCUT2D eigenvalue weighted by atomic mass is 19.4. The Balaban J connectivity index is 2.45. The Kier molecular flexibility index (Phi) is 6.58. The van der Waals surface area contributed by atoms with Crippen LogP contribution in [0.15, 0.2) is 36.9 Å². The van der Waals surface area contributed by atoms with Crippen LogP contribution in [0.2, 0.25) is 0 Å². The number of nitrogens with zero attached hydrogens (tertiary/aromatic N) is 1. The lowest BCUT2D eigenvalue weighted by Gasteiger charge is -2.46. The maximum atomic E-state index is 12.8. The Morgan fingerprint density at radius 1 is 1.25 bits per heavy atom.